The zero-order chi connectivity index (χ0) is 13.8. The van der Waals surface area contributed by atoms with Crippen LogP contribution in [0.3, 0.4) is 0 Å². The molecule has 2 heterocycles. The summed E-state index contributed by atoms with van der Waals surface area (Å²) in [4.78, 5) is 18.1. The molecule has 0 radical (unpaired) electrons. The molecule has 19 heavy (non-hydrogen) atoms. The van der Waals surface area contributed by atoms with E-state index in [4.69, 9.17) is 16.3 Å². The third kappa shape index (κ3) is 2.97. The van der Waals surface area contributed by atoms with Crippen LogP contribution in [-0.4, -0.2) is 60.4 Å². The van der Waals surface area contributed by atoms with Crippen molar-refractivity contribution in [2.24, 2.45) is 0 Å². The second-order valence-electron chi connectivity index (χ2n) is 4.21. The largest absolute Gasteiger partial charge is 0.394 e. The van der Waals surface area contributed by atoms with E-state index in [1.54, 1.807) is 18.0 Å². The molecule has 7 heteroatoms. The minimum Gasteiger partial charge on any atom is -0.394 e. The van der Waals surface area contributed by atoms with Crippen LogP contribution in [0.5, 0.6) is 0 Å². The number of carbonyl (C=O) groups is 1. The highest BCUT2D eigenvalue weighted by Gasteiger charge is 2.28. The molecule has 104 valence electrons. The number of anilines is 1. The first-order valence-electron chi connectivity index (χ1n) is 6.00. The quantitative estimate of drug-likeness (QED) is 0.851. The van der Waals surface area contributed by atoms with Crippen molar-refractivity contribution in [1.29, 1.82) is 0 Å². The minimum atomic E-state index is -0.330. The summed E-state index contributed by atoms with van der Waals surface area (Å²) >= 11 is 6.03. The number of nitrogens with one attached hydrogen (secondary N) is 1. The van der Waals surface area contributed by atoms with E-state index in [9.17, 15) is 9.90 Å². The second kappa shape index (κ2) is 6.18. The Morgan fingerprint density at radius 3 is 3.21 bits per heavy atom. The average molecular weight is 286 g/mol. The Morgan fingerprint density at radius 1 is 1.74 bits per heavy atom. The van der Waals surface area contributed by atoms with Gasteiger partial charge < -0.3 is 20.1 Å². The SMILES string of the molecule is CNc1cc(C(=O)N2CCOCC2CO)c(Cl)cn1. The van der Waals surface area contributed by atoms with Crippen LogP contribution in [0.15, 0.2) is 12.3 Å². The molecule has 1 aromatic heterocycles. The molecule has 1 aliphatic heterocycles. The number of rotatable bonds is 3. The van der Waals surface area contributed by atoms with E-state index in [1.165, 1.54) is 6.20 Å². The van der Waals surface area contributed by atoms with Crippen LogP contribution in [0.1, 0.15) is 10.4 Å². The van der Waals surface area contributed by atoms with Crippen molar-refractivity contribution in [3.8, 4) is 0 Å². The number of pyridine rings is 1. The Balaban J connectivity index is 2.27. The fraction of sp³-hybridized carbons (Fsp3) is 0.500. The number of carbonyl (C=O) groups excluding carboxylic acids is 1. The van der Waals surface area contributed by atoms with Gasteiger partial charge >= 0.3 is 0 Å². The normalized spacial score (nSPS) is 19.3. The molecule has 0 saturated carbocycles. The first-order chi connectivity index (χ1) is 9.17. The van der Waals surface area contributed by atoms with E-state index < -0.39 is 0 Å². The number of aliphatic hydroxyl groups is 1. The maximum atomic E-state index is 12.5. The molecule has 2 N–H and O–H groups in total. The van der Waals surface area contributed by atoms with Crippen molar-refractivity contribution >= 4 is 23.3 Å². The lowest BCUT2D eigenvalue weighted by Gasteiger charge is -2.34. The predicted molar refractivity (Wildman–Crippen MR) is 71.5 cm³/mol. The average Bonchev–Trinajstić information content (AvgIpc) is 2.47. The lowest BCUT2D eigenvalue weighted by atomic mass is 10.1. The lowest BCUT2D eigenvalue weighted by molar-refractivity contribution is -0.0183. The van der Waals surface area contributed by atoms with Crippen LogP contribution in [0, 0.1) is 0 Å². The fourth-order valence-corrected chi connectivity index (χ4v) is 2.15. The molecule has 1 saturated heterocycles. The summed E-state index contributed by atoms with van der Waals surface area (Å²) in [6.45, 7) is 1.11. The molecule has 0 spiro atoms. The van der Waals surface area contributed by atoms with Gasteiger partial charge in [0.2, 0.25) is 0 Å². The highest BCUT2D eigenvalue weighted by molar-refractivity contribution is 6.33. The Bertz CT molecular complexity index is 470. The highest BCUT2D eigenvalue weighted by atomic mass is 35.5. The number of hydrogen-bond acceptors (Lipinski definition) is 5. The molecule has 0 aromatic carbocycles. The standard InChI is InChI=1S/C12H16ClN3O3/c1-14-11-4-9(10(13)5-15-11)12(18)16-2-3-19-7-8(16)6-17/h4-5,8,17H,2-3,6-7H2,1H3,(H,14,15). The van der Waals surface area contributed by atoms with Crippen molar-refractivity contribution in [3.05, 3.63) is 22.8 Å². The van der Waals surface area contributed by atoms with E-state index in [0.29, 0.717) is 36.2 Å². The molecule has 0 aliphatic carbocycles. The molecule has 1 aliphatic rings. The van der Waals surface area contributed by atoms with E-state index in [1.807, 2.05) is 0 Å². The molecular formula is C12H16ClN3O3. The van der Waals surface area contributed by atoms with Crippen molar-refractivity contribution in [2.75, 3.05) is 38.7 Å². The Labute approximate surface area is 116 Å². The monoisotopic (exact) mass is 285 g/mol. The van der Waals surface area contributed by atoms with Crippen LogP contribution in [0.25, 0.3) is 0 Å². The van der Waals surface area contributed by atoms with Crippen LogP contribution >= 0.6 is 11.6 Å². The fourth-order valence-electron chi connectivity index (χ4n) is 1.97. The third-order valence-corrected chi connectivity index (χ3v) is 3.34. The molecule has 1 amide bonds. The van der Waals surface area contributed by atoms with Crippen molar-refractivity contribution in [1.82, 2.24) is 9.88 Å². The molecule has 0 bridgehead atoms. The zero-order valence-corrected chi connectivity index (χ0v) is 11.4. The van der Waals surface area contributed by atoms with Gasteiger partial charge in [-0.05, 0) is 6.07 Å². The van der Waals surface area contributed by atoms with Gasteiger partial charge in [0.15, 0.2) is 0 Å². The number of ether oxygens (including phenoxy) is 1. The van der Waals surface area contributed by atoms with Gasteiger partial charge in [0, 0.05) is 19.8 Å². The van der Waals surface area contributed by atoms with Crippen LogP contribution in [0.4, 0.5) is 5.82 Å². The summed E-state index contributed by atoms with van der Waals surface area (Å²) in [7, 11) is 1.72. The maximum Gasteiger partial charge on any atom is 0.256 e. The number of hydrogen-bond donors (Lipinski definition) is 2. The van der Waals surface area contributed by atoms with Crippen molar-refractivity contribution in [2.45, 2.75) is 6.04 Å². The lowest BCUT2D eigenvalue weighted by Crippen LogP contribution is -2.50. The summed E-state index contributed by atoms with van der Waals surface area (Å²) in [5.41, 5.74) is 0.376. The summed E-state index contributed by atoms with van der Waals surface area (Å²) in [6.07, 6.45) is 1.44. The van der Waals surface area contributed by atoms with Gasteiger partial charge in [-0.15, -0.1) is 0 Å². The first-order valence-corrected chi connectivity index (χ1v) is 6.38. The Hall–Kier alpha value is -1.37. The summed E-state index contributed by atoms with van der Waals surface area (Å²) in [5.74, 6) is 0.354. The van der Waals surface area contributed by atoms with Gasteiger partial charge in [0.05, 0.1) is 36.4 Å². The highest BCUT2D eigenvalue weighted by Crippen LogP contribution is 2.21. The van der Waals surface area contributed by atoms with E-state index in [2.05, 4.69) is 10.3 Å². The predicted octanol–water partition coefficient (Wildman–Crippen LogP) is 0.610. The van der Waals surface area contributed by atoms with Crippen LogP contribution in [0.2, 0.25) is 5.02 Å². The van der Waals surface area contributed by atoms with Crippen molar-refractivity contribution < 1.29 is 14.6 Å². The second-order valence-corrected chi connectivity index (χ2v) is 4.62. The molecular weight excluding hydrogens is 270 g/mol. The van der Waals surface area contributed by atoms with Crippen LogP contribution < -0.4 is 5.32 Å². The minimum absolute atomic E-state index is 0.132. The van der Waals surface area contributed by atoms with Gasteiger partial charge in [-0.2, -0.15) is 0 Å². The number of aliphatic hydroxyl groups excluding tert-OH is 1. The summed E-state index contributed by atoms with van der Waals surface area (Å²) in [5, 5.41) is 12.5. The Morgan fingerprint density at radius 2 is 2.53 bits per heavy atom. The number of aromatic nitrogens is 1. The molecule has 2 rings (SSSR count). The topological polar surface area (TPSA) is 74.7 Å². The van der Waals surface area contributed by atoms with Gasteiger partial charge in [-0.1, -0.05) is 11.6 Å². The number of nitrogens with zero attached hydrogens (tertiary/aromatic N) is 2. The van der Waals surface area contributed by atoms with E-state index in [-0.39, 0.29) is 18.6 Å². The number of halogens is 1. The maximum absolute atomic E-state index is 12.5. The van der Waals surface area contributed by atoms with Gasteiger partial charge in [0.1, 0.15) is 5.82 Å². The van der Waals surface area contributed by atoms with E-state index >= 15 is 0 Å². The molecule has 1 unspecified atom stereocenters. The number of amides is 1. The third-order valence-electron chi connectivity index (χ3n) is 3.04. The summed E-state index contributed by atoms with van der Waals surface area (Å²) < 4.78 is 5.25. The number of morpholine rings is 1. The van der Waals surface area contributed by atoms with E-state index in [0.717, 1.165) is 0 Å². The van der Waals surface area contributed by atoms with Gasteiger partial charge in [-0.3, -0.25) is 4.79 Å². The first kappa shape index (κ1) is 14.0. The van der Waals surface area contributed by atoms with Gasteiger partial charge in [-0.25, -0.2) is 4.98 Å². The van der Waals surface area contributed by atoms with Crippen molar-refractivity contribution in [3.63, 3.8) is 0 Å². The zero-order valence-electron chi connectivity index (χ0n) is 10.6. The molecule has 6 nitrogen and oxygen atoms in total. The molecule has 1 fully saturated rings. The summed E-state index contributed by atoms with van der Waals surface area (Å²) in [6, 6.07) is 1.28. The van der Waals surface area contributed by atoms with Crippen LogP contribution in [-0.2, 0) is 4.74 Å². The van der Waals surface area contributed by atoms with Gasteiger partial charge in [0.25, 0.3) is 5.91 Å². The molecule has 1 aromatic rings. The molecule has 1 atom stereocenters. The smallest absolute Gasteiger partial charge is 0.256 e. The Kier molecular flexibility index (Phi) is 4.57.